The van der Waals surface area contributed by atoms with Crippen LogP contribution in [0.2, 0.25) is 0 Å². The van der Waals surface area contributed by atoms with Gasteiger partial charge in [-0.2, -0.15) is 0 Å². The normalized spacial score (nSPS) is 15.6. The van der Waals surface area contributed by atoms with E-state index in [-0.39, 0.29) is 17.9 Å². The fraction of sp³-hybridized carbons (Fsp3) is 0.312. The van der Waals surface area contributed by atoms with Crippen molar-refractivity contribution in [2.45, 2.75) is 6.42 Å². The molecule has 1 saturated heterocycles. The minimum absolute atomic E-state index is 0.160. The summed E-state index contributed by atoms with van der Waals surface area (Å²) in [6.45, 7) is -0.160. The maximum Gasteiger partial charge on any atom is 0.305 e. The van der Waals surface area contributed by atoms with Crippen LogP contribution in [0.25, 0.3) is 6.08 Å². The lowest BCUT2D eigenvalue weighted by Gasteiger charge is -2.13. The fourth-order valence-corrected chi connectivity index (χ4v) is 3.10. The van der Waals surface area contributed by atoms with Gasteiger partial charge in [-0.1, -0.05) is 0 Å². The van der Waals surface area contributed by atoms with Crippen molar-refractivity contribution in [1.29, 1.82) is 0 Å². The van der Waals surface area contributed by atoms with Crippen molar-refractivity contribution in [3.8, 4) is 17.2 Å². The van der Waals surface area contributed by atoms with Gasteiger partial charge in [-0.05, 0) is 35.5 Å². The Morgan fingerprint density at radius 1 is 1.16 bits per heavy atom. The predicted molar refractivity (Wildman–Crippen MR) is 91.0 cm³/mol. The number of carbonyl (C=O) groups is 3. The van der Waals surface area contributed by atoms with E-state index in [2.05, 4.69) is 0 Å². The smallest absolute Gasteiger partial charge is 0.305 e. The number of amides is 2. The molecule has 1 N–H and O–H groups in total. The van der Waals surface area contributed by atoms with Crippen LogP contribution in [0, 0.1) is 0 Å². The topological polar surface area (TPSA) is 102 Å². The summed E-state index contributed by atoms with van der Waals surface area (Å²) in [6.07, 6.45) is 1.23. The van der Waals surface area contributed by atoms with Gasteiger partial charge in [0.2, 0.25) is 5.75 Å². The fourth-order valence-electron chi connectivity index (χ4n) is 2.24. The average molecular weight is 367 g/mol. The second-order valence-electron chi connectivity index (χ2n) is 4.94. The third kappa shape index (κ3) is 4.05. The molecule has 2 rings (SSSR count). The average Bonchev–Trinajstić information content (AvgIpc) is 2.85. The van der Waals surface area contributed by atoms with Crippen LogP contribution in [0.1, 0.15) is 12.0 Å². The Bertz CT molecular complexity index is 719. The van der Waals surface area contributed by atoms with E-state index in [9.17, 15) is 14.4 Å². The number of nitrogens with zero attached hydrogens (tertiary/aromatic N) is 1. The molecule has 0 atom stereocenters. The van der Waals surface area contributed by atoms with Gasteiger partial charge < -0.3 is 19.3 Å². The van der Waals surface area contributed by atoms with Crippen LogP contribution in [0.5, 0.6) is 17.2 Å². The summed E-state index contributed by atoms with van der Waals surface area (Å²) in [5.41, 5.74) is 0.582. The number of aliphatic carboxylic acids is 1. The first kappa shape index (κ1) is 18.7. The number of imide groups is 1. The van der Waals surface area contributed by atoms with Crippen molar-refractivity contribution in [1.82, 2.24) is 4.90 Å². The minimum Gasteiger partial charge on any atom is -0.493 e. The first-order valence-electron chi connectivity index (χ1n) is 7.18. The van der Waals surface area contributed by atoms with Crippen molar-refractivity contribution in [2.24, 2.45) is 0 Å². The zero-order chi connectivity index (χ0) is 18.6. The molecular weight excluding hydrogens is 350 g/mol. The maximum atomic E-state index is 12.3. The van der Waals surface area contributed by atoms with Gasteiger partial charge in [0.1, 0.15) is 0 Å². The number of hydrogen-bond acceptors (Lipinski definition) is 7. The molecule has 0 aliphatic carbocycles. The second kappa shape index (κ2) is 7.93. The third-order valence-corrected chi connectivity index (χ3v) is 4.32. The first-order valence-corrected chi connectivity index (χ1v) is 8.00. The standard InChI is InChI=1S/C16H17NO7S/c1-22-10-6-9(7-11(23-2)14(10)24-3)8-12-15(20)17(16(21)25-12)5-4-13(18)19/h6-8H,4-5H2,1-3H3,(H,18,19)/b12-8+. The summed E-state index contributed by atoms with van der Waals surface area (Å²) < 4.78 is 15.7. The quantitative estimate of drug-likeness (QED) is 0.732. The summed E-state index contributed by atoms with van der Waals surface area (Å²) in [6, 6.07) is 3.29. The van der Waals surface area contributed by atoms with Gasteiger partial charge in [-0.15, -0.1) is 0 Å². The first-order chi connectivity index (χ1) is 11.9. The van der Waals surface area contributed by atoms with Crippen LogP contribution in [0.15, 0.2) is 17.0 Å². The number of methoxy groups -OCH3 is 3. The highest BCUT2D eigenvalue weighted by atomic mass is 32.2. The van der Waals surface area contributed by atoms with E-state index in [4.69, 9.17) is 19.3 Å². The number of benzene rings is 1. The molecule has 1 fully saturated rings. The van der Waals surface area contributed by atoms with Crippen LogP contribution in [-0.4, -0.2) is 55.0 Å². The monoisotopic (exact) mass is 367 g/mol. The zero-order valence-corrected chi connectivity index (χ0v) is 14.7. The Kier molecular flexibility index (Phi) is 5.92. The second-order valence-corrected chi connectivity index (χ2v) is 5.93. The Hall–Kier alpha value is -2.68. The molecule has 1 aromatic carbocycles. The molecule has 1 aliphatic heterocycles. The van der Waals surface area contributed by atoms with Crippen LogP contribution in [-0.2, 0) is 9.59 Å². The largest absolute Gasteiger partial charge is 0.493 e. The van der Waals surface area contributed by atoms with E-state index < -0.39 is 17.1 Å². The molecule has 1 heterocycles. The van der Waals surface area contributed by atoms with E-state index in [0.717, 1.165) is 16.7 Å². The molecule has 0 radical (unpaired) electrons. The van der Waals surface area contributed by atoms with Crippen LogP contribution in [0.4, 0.5) is 4.79 Å². The molecular formula is C16H17NO7S. The van der Waals surface area contributed by atoms with E-state index in [0.29, 0.717) is 22.8 Å². The number of carbonyl (C=O) groups excluding carboxylic acids is 2. The molecule has 0 spiro atoms. The molecule has 9 heteroatoms. The van der Waals surface area contributed by atoms with Crippen molar-refractivity contribution >= 4 is 35.0 Å². The SMILES string of the molecule is COc1cc(/C=C2/SC(=O)N(CCC(=O)O)C2=O)cc(OC)c1OC. The van der Waals surface area contributed by atoms with Gasteiger partial charge in [0.25, 0.3) is 11.1 Å². The summed E-state index contributed by atoms with van der Waals surface area (Å²) in [5, 5.41) is 8.21. The maximum absolute atomic E-state index is 12.3. The lowest BCUT2D eigenvalue weighted by Crippen LogP contribution is -2.30. The highest BCUT2D eigenvalue weighted by Crippen LogP contribution is 2.40. The van der Waals surface area contributed by atoms with Crippen LogP contribution in [0.3, 0.4) is 0 Å². The van der Waals surface area contributed by atoms with E-state index in [1.165, 1.54) is 27.4 Å². The summed E-state index contributed by atoms with van der Waals surface area (Å²) in [7, 11) is 4.43. The van der Waals surface area contributed by atoms with Crippen LogP contribution >= 0.6 is 11.8 Å². The summed E-state index contributed by atoms with van der Waals surface area (Å²) in [5.74, 6) is -0.356. The Labute approximate surface area is 148 Å². The number of hydrogen-bond donors (Lipinski definition) is 1. The zero-order valence-electron chi connectivity index (χ0n) is 13.9. The molecule has 1 aromatic rings. The van der Waals surface area contributed by atoms with Crippen molar-refractivity contribution in [3.05, 3.63) is 22.6 Å². The highest BCUT2D eigenvalue weighted by Gasteiger charge is 2.35. The Balaban J connectivity index is 2.32. The highest BCUT2D eigenvalue weighted by molar-refractivity contribution is 8.18. The van der Waals surface area contributed by atoms with Gasteiger partial charge in [0.05, 0.1) is 32.7 Å². The van der Waals surface area contributed by atoms with Crippen molar-refractivity contribution < 1.29 is 33.7 Å². The van der Waals surface area contributed by atoms with E-state index >= 15 is 0 Å². The molecule has 0 bridgehead atoms. The van der Waals surface area contributed by atoms with Gasteiger partial charge in [0, 0.05) is 6.54 Å². The Morgan fingerprint density at radius 3 is 2.24 bits per heavy atom. The molecule has 0 unspecified atom stereocenters. The van der Waals surface area contributed by atoms with E-state index in [1.807, 2.05) is 0 Å². The third-order valence-electron chi connectivity index (χ3n) is 3.41. The number of carboxylic acid groups (broad SMARTS) is 1. The molecule has 2 amide bonds. The van der Waals surface area contributed by atoms with Crippen molar-refractivity contribution in [3.63, 3.8) is 0 Å². The van der Waals surface area contributed by atoms with Gasteiger partial charge in [-0.25, -0.2) is 0 Å². The molecule has 25 heavy (non-hydrogen) atoms. The molecule has 8 nitrogen and oxygen atoms in total. The minimum atomic E-state index is -1.08. The molecule has 1 aliphatic rings. The Morgan fingerprint density at radius 2 is 1.76 bits per heavy atom. The molecule has 0 aromatic heterocycles. The number of ether oxygens (including phenoxy) is 3. The lowest BCUT2D eigenvalue weighted by molar-refractivity contribution is -0.137. The van der Waals surface area contributed by atoms with E-state index in [1.54, 1.807) is 12.1 Å². The summed E-state index contributed by atoms with van der Waals surface area (Å²) >= 11 is 0.758. The van der Waals surface area contributed by atoms with Gasteiger partial charge in [0.15, 0.2) is 11.5 Å². The van der Waals surface area contributed by atoms with Gasteiger partial charge >= 0.3 is 5.97 Å². The van der Waals surface area contributed by atoms with Gasteiger partial charge in [-0.3, -0.25) is 19.3 Å². The predicted octanol–water partition coefficient (Wildman–Crippen LogP) is 2.22. The van der Waals surface area contributed by atoms with Crippen LogP contribution < -0.4 is 14.2 Å². The number of carboxylic acids is 1. The molecule has 134 valence electrons. The van der Waals surface area contributed by atoms with Crippen molar-refractivity contribution in [2.75, 3.05) is 27.9 Å². The number of rotatable bonds is 7. The molecule has 0 saturated carbocycles. The number of thioether (sulfide) groups is 1. The lowest BCUT2D eigenvalue weighted by atomic mass is 10.1. The summed E-state index contributed by atoms with van der Waals surface area (Å²) in [4.78, 5) is 36.0.